The van der Waals surface area contributed by atoms with Crippen molar-refractivity contribution in [3.05, 3.63) is 66.7 Å². The molecule has 2 aromatic carbocycles. The normalized spacial score (nSPS) is 11.8. The number of nitrogens with one attached hydrogen (secondary N) is 2. The summed E-state index contributed by atoms with van der Waals surface area (Å²) < 4.78 is 68.6. The van der Waals surface area contributed by atoms with Crippen molar-refractivity contribution in [2.45, 2.75) is 24.2 Å². The fourth-order valence-electron chi connectivity index (χ4n) is 2.68. The first-order chi connectivity index (χ1) is 15.1. The van der Waals surface area contributed by atoms with E-state index in [9.17, 15) is 26.4 Å². The van der Waals surface area contributed by atoms with E-state index in [2.05, 4.69) is 24.9 Å². The first-order valence-electron chi connectivity index (χ1n) is 9.17. The minimum atomic E-state index is -4.87. The molecule has 32 heavy (non-hydrogen) atoms. The zero-order valence-electron chi connectivity index (χ0n) is 16.4. The summed E-state index contributed by atoms with van der Waals surface area (Å²) in [5, 5.41) is 6.68. The molecule has 0 saturated carbocycles. The quantitative estimate of drug-likeness (QED) is 0.498. The molecule has 0 aliphatic rings. The van der Waals surface area contributed by atoms with Crippen LogP contribution in [0.1, 0.15) is 12.0 Å². The molecule has 0 aliphatic carbocycles. The molecule has 1 aromatic heterocycles. The number of anilines is 1. The van der Waals surface area contributed by atoms with Crippen LogP contribution < -0.4 is 14.8 Å². The van der Waals surface area contributed by atoms with Gasteiger partial charge in [0.25, 0.3) is 0 Å². The predicted molar refractivity (Wildman–Crippen MR) is 107 cm³/mol. The van der Waals surface area contributed by atoms with Gasteiger partial charge in [-0.15, -0.1) is 13.2 Å². The Kier molecular flexibility index (Phi) is 7.10. The Hall–Kier alpha value is -3.45. The highest BCUT2D eigenvalue weighted by atomic mass is 32.2. The maximum atomic E-state index is 12.2. The predicted octanol–water partition coefficient (Wildman–Crippen LogP) is 2.53. The van der Waals surface area contributed by atoms with E-state index in [-0.39, 0.29) is 17.9 Å². The van der Waals surface area contributed by atoms with E-state index in [1.165, 1.54) is 6.33 Å². The van der Waals surface area contributed by atoms with Gasteiger partial charge in [-0.2, -0.15) is 5.10 Å². The van der Waals surface area contributed by atoms with Crippen molar-refractivity contribution in [2.24, 2.45) is 0 Å². The molecule has 0 radical (unpaired) electrons. The van der Waals surface area contributed by atoms with Crippen LogP contribution in [0.3, 0.4) is 0 Å². The van der Waals surface area contributed by atoms with Crippen LogP contribution >= 0.6 is 0 Å². The zero-order valence-corrected chi connectivity index (χ0v) is 17.2. The summed E-state index contributed by atoms with van der Waals surface area (Å²) in [4.78, 5) is 15.7. The molecule has 0 atom stereocenters. The minimum absolute atomic E-state index is 0.151. The second kappa shape index (κ2) is 9.78. The van der Waals surface area contributed by atoms with Crippen molar-refractivity contribution in [1.82, 2.24) is 19.5 Å². The lowest BCUT2D eigenvalue weighted by Crippen LogP contribution is -2.28. The van der Waals surface area contributed by atoms with Gasteiger partial charge in [-0.25, -0.2) is 22.8 Å². The van der Waals surface area contributed by atoms with E-state index in [1.54, 1.807) is 29.2 Å². The van der Waals surface area contributed by atoms with Crippen LogP contribution in [0, 0.1) is 0 Å². The summed E-state index contributed by atoms with van der Waals surface area (Å²) in [6.45, 7) is 0.268. The monoisotopic (exact) mass is 469 g/mol. The Morgan fingerprint density at radius 3 is 2.53 bits per heavy atom. The number of carbonyl (C=O) groups excluding carboxylic acids is 1. The van der Waals surface area contributed by atoms with Gasteiger partial charge >= 0.3 is 6.36 Å². The van der Waals surface area contributed by atoms with Gasteiger partial charge in [-0.05, 0) is 42.0 Å². The summed E-state index contributed by atoms with van der Waals surface area (Å²) in [6, 6.07) is 10.8. The topological polar surface area (TPSA) is 115 Å². The van der Waals surface area contributed by atoms with Gasteiger partial charge in [-0.3, -0.25) is 4.79 Å². The number of ether oxygens (including phenoxy) is 1. The van der Waals surface area contributed by atoms with E-state index < -0.39 is 28.0 Å². The van der Waals surface area contributed by atoms with Gasteiger partial charge in [0, 0.05) is 18.7 Å². The molecule has 9 nitrogen and oxygen atoms in total. The molecule has 3 aromatic rings. The van der Waals surface area contributed by atoms with Crippen molar-refractivity contribution in [1.29, 1.82) is 0 Å². The third kappa shape index (κ3) is 7.06. The van der Waals surface area contributed by atoms with Gasteiger partial charge in [-0.1, -0.05) is 12.1 Å². The molecular formula is C19H18F3N5O4S. The van der Waals surface area contributed by atoms with E-state index in [1.807, 2.05) is 6.07 Å². The number of aromatic nitrogens is 3. The molecule has 13 heteroatoms. The molecule has 0 bridgehead atoms. The Balaban J connectivity index is 1.50. The van der Waals surface area contributed by atoms with Gasteiger partial charge in [0.2, 0.25) is 15.9 Å². The summed E-state index contributed by atoms with van der Waals surface area (Å²) in [5.41, 5.74) is 1.42. The summed E-state index contributed by atoms with van der Waals surface area (Å²) >= 11 is 0. The summed E-state index contributed by atoms with van der Waals surface area (Å²) in [6.07, 6.45) is -2.05. The molecule has 0 spiro atoms. The second-order valence-corrected chi connectivity index (χ2v) is 8.28. The third-order valence-electron chi connectivity index (χ3n) is 4.03. The number of alkyl halides is 3. The molecule has 1 heterocycles. The number of hydrogen-bond donors (Lipinski definition) is 2. The van der Waals surface area contributed by atoms with Gasteiger partial charge in [0.15, 0.2) is 0 Å². The van der Waals surface area contributed by atoms with Crippen LogP contribution in [0.4, 0.5) is 18.9 Å². The van der Waals surface area contributed by atoms with Crippen molar-refractivity contribution < 1.29 is 31.1 Å². The Morgan fingerprint density at radius 2 is 1.88 bits per heavy atom. The van der Waals surface area contributed by atoms with Crippen molar-refractivity contribution >= 4 is 21.6 Å². The Labute approximate surface area is 181 Å². The number of carbonyl (C=O) groups is 1. The van der Waals surface area contributed by atoms with Crippen LogP contribution in [0.5, 0.6) is 5.75 Å². The van der Waals surface area contributed by atoms with Crippen LogP contribution in [0.2, 0.25) is 0 Å². The highest BCUT2D eigenvalue weighted by Crippen LogP contribution is 2.23. The lowest BCUT2D eigenvalue weighted by Gasteiger charge is -2.10. The van der Waals surface area contributed by atoms with Crippen LogP contribution in [-0.2, 0) is 21.4 Å². The standard InChI is InChI=1S/C19H18F3N5O4S/c20-19(21,22)31-16-4-6-17(7-5-16)32(29,30)25-9-8-18(28)26-15-3-1-2-14(10-15)11-27-13-23-12-24-27/h1-7,10,12-13,25H,8-9,11H2,(H,26,28). The third-order valence-corrected chi connectivity index (χ3v) is 5.51. The molecule has 0 saturated heterocycles. The van der Waals surface area contributed by atoms with Crippen molar-refractivity contribution in [2.75, 3.05) is 11.9 Å². The first-order valence-corrected chi connectivity index (χ1v) is 10.7. The number of rotatable bonds is 9. The molecule has 3 rings (SSSR count). The van der Waals surface area contributed by atoms with Crippen LogP contribution in [0.25, 0.3) is 0 Å². The number of halogens is 3. The van der Waals surface area contributed by atoms with Crippen LogP contribution in [-0.4, -0.2) is 42.0 Å². The molecule has 1 amide bonds. The highest BCUT2D eigenvalue weighted by Gasteiger charge is 2.31. The average molecular weight is 469 g/mol. The Morgan fingerprint density at radius 1 is 1.12 bits per heavy atom. The largest absolute Gasteiger partial charge is 0.573 e. The number of sulfonamides is 1. The molecule has 0 unspecified atom stereocenters. The van der Waals surface area contributed by atoms with Gasteiger partial charge in [0.05, 0.1) is 11.4 Å². The fourth-order valence-corrected chi connectivity index (χ4v) is 3.71. The van der Waals surface area contributed by atoms with E-state index in [4.69, 9.17) is 0 Å². The van der Waals surface area contributed by atoms with Gasteiger partial charge in [0.1, 0.15) is 18.4 Å². The number of nitrogens with zero attached hydrogens (tertiary/aromatic N) is 3. The summed E-state index contributed by atoms with van der Waals surface area (Å²) in [5.74, 6) is -0.957. The molecule has 170 valence electrons. The molecular weight excluding hydrogens is 451 g/mol. The smallest absolute Gasteiger partial charge is 0.406 e. The highest BCUT2D eigenvalue weighted by molar-refractivity contribution is 7.89. The zero-order chi connectivity index (χ0) is 23.2. The average Bonchev–Trinajstić information content (AvgIpc) is 3.20. The first kappa shape index (κ1) is 23.2. The second-order valence-electron chi connectivity index (χ2n) is 6.51. The Bertz CT molecular complexity index is 1150. The lowest BCUT2D eigenvalue weighted by molar-refractivity contribution is -0.274. The molecule has 0 aliphatic heterocycles. The maximum Gasteiger partial charge on any atom is 0.573 e. The molecule has 2 N–H and O–H groups in total. The lowest BCUT2D eigenvalue weighted by atomic mass is 10.2. The van der Waals surface area contributed by atoms with E-state index >= 15 is 0 Å². The van der Waals surface area contributed by atoms with Gasteiger partial charge < -0.3 is 10.1 Å². The SMILES string of the molecule is O=C(CCNS(=O)(=O)c1ccc(OC(F)(F)F)cc1)Nc1cccc(Cn2cncn2)c1. The van der Waals surface area contributed by atoms with Crippen LogP contribution in [0.15, 0.2) is 66.1 Å². The van der Waals surface area contributed by atoms with Crippen molar-refractivity contribution in [3.63, 3.8) is 0 Å². The number of amides is 1. The number of hydrogen-bond acceptors (Lipinski definition) is 6. The number of benzene rings is 2. The molecule has 0 fully saturated rings. The fraction of sp³-hybridized carbons (Fsp3) is 0.211. The van der Waals surface area contributed by atoms with E-state index in [0.717, 1.165) is 29.8 Å². The van der Waals surface area contributed by atoms with E-state index in [0.29, 0.717) is 12.2 Å². The van der Waals surface area contributed by atoms with Crippen molar-refractivity contribution in [3.8, 4) is 5.75 Å². The maximum absolute atomic E-state index is 12.2. The minimum Gasteiger partial charge on any atom is -0.406 e. The summed E-state index contributed by atoms with van der Waals surface area (Å²) in [7, 11) is -4.01.